The van der Waals surface area contributed by atoms with Crippen LogP contribution in [0.1, 0.15) is 45.2 Å². The molecule has 2 rings (SSSR count). The number of aliphatic hydroxyl groups is 1. The van der Waals surface area contributed by atoms with Crippen molar-refractivity contribution in [3.63, 3.8) is 0 Å². The van der Waals surface area contributed by atoms with Crippen LogP contribution in [-0.2, 0) is 4.74 Å². The molecule has 1 aliphatic rings. The second kappa shape index (κ2) is 6.34. The van der Waals surface area contributed by atoms with Crippen LogP contribution in [0.4, 0.5) is 0 Å². The molecule has 0 aliphatic carbocycles. The Morgan fingerprint density at radius 2 is 2.14 bits per heavy atom. The van der Waals surface area contributed by atoms with E-state index in [2.05, 4.69) is 25.2 Å². The van der Waals surface area contributed by atoms with E-state index >= 15 is 0 Å². The highest BCUT2D eigenvalue weighted by molar-refractivity contribution is 5.38. The van der Waals surface area contributed by atoms with E-state index < -0.39 is 5.60 Å². The number of benzene rings is 1. The van der Waals surface area contributed by atoms with Crippen molar-refractivity contribution in [2.45, 2.75) is 50.9 Å². The van der Waals surface area contributed by atoms with Gasteiger partial charge in [0.25, 0.3) is 0 Å². The highest BCUT2D eigenvalue weighted by Gasteiger charge is 2.34. The molecule has 4 heteroatoms. The van der Waals surface area contributed by atoms with Crippen LogP contribution in [0.15, 0.2) is 24.3 Å². The molecule has 1 aromatic carbocycles. The fourth-order valence-corrected chi connectivity index (χ4v) is 2.74. The maximum atomic E-state index is 10.4. The number of para-hydroxylation sites is 1. The van der Waals surface area contributed by atoms with Crippen molar-refractivity contribution >= 4 is 0 Å². The summed E-state index contributed by atoms with van der Waals surface area (Å²) in [6, 6.07) is 8.31. The Kier molecular flexibility index (Phi) is 4.91. The lowest BCUT2D eigenvalue weighted by molar-refractivity contribution is 0.0149. The van der Waals surface area contributed by atoms with Gasteiger partial charge in [-0.05, 0) is 26.8 Å². The molecule has 118 valence electrons. The van der Waals surface area contributed by atoms with Crippen LogP contribution in [0.5, 0.6) is 5.75 Å². The lowest BCUT2D eigenvalue weighted by Crippen LogP contribution is -2.45. The van der Waals surface area contributed by atoms with Gasteiger partial charge in [0.2, 0.25) is 0 Å². The Labute approximate surface area is 127 Å². The van der Waals surface area contributed by atoms with Gasteiger partial charge in [-0.2, -0.15) is 0 Å². The summed E-state index contributed by atoms with van der Waals surface area (Å²) in [7, 11) is 1.65. The molecule has 0 radical (unpaired) electrons. The van der Waals surface area contributed by atoms with E-state index in [1.54, 1.807) is 7.11 Å². The van der Waals surface area contributed by atoms with Gasteiger partial charge in [0, 0.05) is 44.7 Å². The molecule has 1 aliphatic heterocycles. The molecule has 0 fully saturated rings. The number of rotatable bonds is 6. The minimum absolute atomic E-state index is 0.193. The summed E-state index contributed by atoms with van der Waals surface area (Å²) in [6.07, 6.45) is 1.50. The number of fused-ring (bicyclic) bond motifs is 1. The molecule has 2 atom stereocenters. The minimum Gasteiger partial charge on any atom is -0.487 e. The summed E-state index contributed by atoms with van der Waals surface area (Å²) < 4.78 is 11.1. The van der Waals surface area contributed by atoms with Crippen LogP contribution in [-0.4, -0.2) is 36.6 Å². The van der Waals surface area contributed by atoms with E-state index in [1.165, 1.54) is 5.56 Å². The van der Waals surface area contributed by atoms with Crippen LogP contribution in [0, 0.1) is 0 Å². The molecule has 0 spiro atoms. The standard InChI is InChI=1S/C17H27NO3/c1-16(2)11-14(13-7-5-6-8-15(13)21-16)18-12-17(3,19)9-10-20-4/h5-8,14,18-19H,9-12H2,1-4H3. The SMILES string of the molecule is COCCC(C)(O)CNC1CC(C)(C)Oc2ccccc21. The van der Waals surface area contributed by atoms with Crippen molar-refractivity contribution in [2.24, 2.45) is 0 Å². The second-order valence-electron chi connectivity index (χ2n) is 6.78. The van der Waals surface area contributed by atoms with Gasteiger partial charge in [0.15, 0.2) is 0 Å². The van der Waals surface area contributed by atoms with Gasteiger partial charge in [-0.15, -0.1) is 0 Å². The number of nitrogens with one attached hydrogen (secondary N) is 1. The van der Waals surface area contributed by atoms with E-state index in [0.29, 0.717) is 19.6 Å². The highest BCUT2D eigenvalue weighted by atomic mass is 16.5. The van der Waals surface area contributed by atoms with Gasteiger partial charge >= 0.3 is 0 Å². The molecule has 0 aromatic heterocycles. The van der Waals surface area contributed by atoms with Crippen LogP contribution >= 0.6 is 0 Å². The van der Waals surface area contributed by atoms with Gasteiger partial charge in [0.05, 0.1) is 5.60 Å². The van der Waals surface area contributed by atoms with E-state index in [0.717, 1.165) is 12.2 Å². The number of methoxy groups -OCH3 is 1. The van der Waals surface area contributed by atoms with E-state index in [4.69, 9.17) is 9.47 Å². The fraction of sp³-hybridized carbons (Fsp3) is 0.647. The average molecular weight is 293 g/mol. The van der Waals surface area contributed by atoms with Crippen molar-refractivity contribution in [1.29, 1.82) is 0 Å². The van der Waals surface area contributed by atoms with E-state index in [-0.39, 0.29) is 11.6 Å². The molecular weight excluding hydrogens is 266 g/mol. The Morgan fingerprint density at radius 3 is 2.86 bits per heavy atom. The monoisotopic (exact) mass is 293 g/mol. The van der Waals surface area contributed by atoms with Crippen LogP contribution in [0.2, 0.25) is 0 Å². The Morgan fingerprint density at radius 1 is 1.43 bits per heavy atom. The summed E-state index contributed by atoms with van der Waals surface area (Å²) in [5.41, 5.74) is 0.192. The normalized spacial score (nSPS) is 23.0. The third kappa shape index (κ3) is 4.43. The zero-order valence-corrected chi connectivity index (χ0v) is 13.5. The molecular formula is C17H27NO3. The predicted octanol–water partition coefficient (Wildman–Crippen LogP) is 2.67. The Hall–Kier alpha value is -1.10. The van der Waals surface area contributed by atoms with Crippen molar-refractivity contribution < 1.29 is 14.6 Å². The minimum atomic E-state index is -0.770. The van der Waals surface area contributed by atoms with Crippen molar-refractivity contribution in [3.8, 4) is 5.75 Å². The first-order valence-electron chi connectivity index (χ1n) is 7.56. The summed E-state index contributed by atoms with van der Waals surface area (Å²) in [5.74, 6) is 0.933. The molecule has 0 bridgehead atoms. The lowest BCUT2D eigenvalue weighted by atomic mass is 9.89. The molecule has 2 unspecified atom stereocenters. The van der Waals surface area contributed by atoms with E-state index in [1.807, 2.05) is 25.1 Å². The van der Waals surface area contributed by atoms with Crippen molar-refractivity contribution in [3.05, 3.63) is 29.8 Å². The van der Waals surface area contributed by atoms with Gasteiger partial charge < -0.3 is 19.9 Å². The number of ether oxygens (including phenoxy) is 2. The topological polar surface area (TPSA) is 50.7 Å². The quantitative estimate of drug-likeness (QED) is 0.846. The third-order valence-electron chi connectivity index (χ3n) is 3.95. The zero-order valence-electron chi connectivity index (χ0n) is 13.5. The first kappa shape index (κ1) is 16.3. The molecule has 0 saturated carbocycles. The van der Waals surface area contributed by atoms with Gasteiger partial charge in [-0.1, -0.05) is 18.2 Å². The smallest absolute Gasteiger partial charge is 0.124 e. The lowest BCUT2D eigenvalue weighted by Gasteiger charge is -2.39. The fourth-order valence-electron chi connectivity index (χ4n) is 2.74. The summed E-state index contributed by atoms with van der Waals surface area (Å²) in [4.78, 5) is 0. The van der Waals surface area contributed by atoms with Crippen LogP contribution < -0.4 is 10.1 Å². The number of hydrogen-bond donors (Lipinski definition) is 2. The van der Waals surface area contributed by atoms with Crippen LogP contribution in [0.25, 0.3) is 0 Å². The molecule has 4 nitrogen and oxygen atoms in total. The highest BCUT2D eigenvalue weighted by Crippen LogP contribution is 2.39. The maximum absolute atomic E-state index is 10.4. The molecule has 0 saturated heterocycles. The van der Waals surface area contributed by atoms with Gasteiger partial charge in [-0.3, -0.25) is 0 Å². The average Bonchev–Trinajstić information content (AvgIpc) is 2.41. The molecule has 1 heterocycles. The molecule has 0 amide bonds. The summed E-state index contributed by atoms with van der Waals surface area (Å²) in [5, 5.41) is 13.9. The Bertz CT molecular complexity index is 471. The molecule has 1 aromatic rings. The first-order valence-corrected chi connectivity index (χ1v) is 7.56. The molecule has 21 heavy (non-hydrogen) atoms. The van der Waals surface area contributed by atoms with E-state index in [9.17, 15) is 5.11 Å². The number of hydrogen-bond acceptors (Lipinski definition) is 4. The van der Waals surface area contributed by atoms with Crippen LogP contribution in [0.3, 0.4) is 0 Å². The van der Waals surface area contributed by atoms with Gasteiger partial charge in [0.1, 0.15) is 11.4 Å². The maximum Gasteiger partial charge on any atom is 0.124 e. The Balaban J connectivity index is 2.06. The predicted molar refractivity (Wildman–Crippen MR) is 83.6 cm³/mol. The second-order valence-corrected chi connectivity index (χ2v) is 6.78. The van der Waals surface area contributed by atoms with Crippen molar-refractivity contribution in [1.82, 2.24) is 5.32 Å². The summed E-state index contributed by atoms with van der Waals surface area (Å²) >= 11 is 0. The molecule has 2 N–H and O–H groups in total. The first-order chi connectivity index (χ1) is 9.83. The third-order valence-corrected chi connectivity index (χ3v) is 3.95. The largest absolute Gasteiger partial charge is 0.487 e. The summed E-state index contributed by atoms with van der Waals surface area (Å²) in [6.45, 7) is 7.13. The van der Waals surface area contributed by atoms with Crippen molar-refractivity contribution in [2.75, 3.05) is 20.3 Å². The zero-order chi connectivity index (χ0) is 15.5. The van der Waals surface area contributed by atoms with Gasteiger partial charge in [-0.25, -0.2) is 0 Å².